The van der Waals surface area contributed by atoms with Gasteiger partial charge in [0.25, 0.3) is 0 Å². The number of nitrogens with one attached hydrogen (secondary N) is 1. The zero-order valence-electron chi connectivity index (χ0n) is 12.3. The number of aryl methyl sites for hydroxylation is 1. The van der Waals surface area contributed by atoms with E-state index < -0.39 is 11.9 Å². The topological polar surface area (TPSA) is 88.3 Å². The Labute approximate surface area is 159 Å². The summed E-state index contributed by atoms with van der Waals surface area (Å²) in [5.41, 5.74) is 5.43. The quantitative estimate of drug-likeness (QED) is 0.759. The van der Waals surface area contributed by atoms with E-state index in [0.29, 0.717) is 11.7 Å². The molecule has 1 saturated heterocycles. The number of likely N-dealkylation sites (tertiary alicyclic amines) is 1. The Hall–Kier alpha value is -0.526. The van der Waals surface area contributed by atoms with Gasteiger partial charge in [0.15, 0.2) is 0 Å². The summed E-state index contributed by atoms with van der Waals surface area (Å²) in [7, 11) is 0. The first kappa shape index (κ1) is 17.8. The van der Waals surface area contributed by atoms with Crippen molar-refractivity contribution in [2.24, 2.45) is 11.1 Å². The molecule has 1 aromatic rings. The van der Waals surface area contributed by atoms with E-state index in [9.17, 15) is 9.59 Å². The van der Waals surface area contributed by atoms with Crippen LogP contribution < -0.4 is 11.1 Å². The number of primary amides is 1. The summed E-state index contributed by atoms with van der Waals surface area (Å²) in [6.07, 6.45) is 7.24. The van der Waals surface area contributed by atoms with Gasteiger partial charge in [0, 0.05) is 49.8 Å². The summed E-state index contributed by atoms with van der Waals surface area (Å²) in [4.78, 5) is 30.6. The molecule has 0 aromatic carbocycles. The smallest absolute Gasteiger partial charge is 0.308 e. The van der Waals surface area contributed by atoms with Gasteiger partial charge in [-0.05, 0) is 19.3 Å². The van der Waals surface area contributed by atoms with Crippen LogP contribution in [0.15, 0.2) is 0 Å². The van der Waals surface area contributed by atoms with Crippen molar-refractivity contribution in [2.45, 2.75) is 38.1 Å². The van der Waals surface area contributed by atoms with Gasteiger partial charge in [-0.2, -0.15) is 6.42 Å². The Balaban J connectivity index is 0.00000176. The molecule has 117 valence electrons. The maximum absolute atomic E-state index is 12.4. The second kappa shape index (κ2) is 6.93. The summed E-state index contributed by atoms with van der Waals surface area (Å²) in [5.74, 6) is -0.413. The van der Waals surface area contributed by atoms with E-state index in [0.717, 1.165) is 37.0 Å². The molecule has 1 atom stereocenters. The van der Waals surface area contributed by atoms with E-state index in [2.05, 4.69) is 23.4 Å². The number of urea groups is 1. The number of nitrogens with zero attached hydrogens (tertiary/aromatic N) is 2. The Bertz CT molecular complexity index is 573. The molecule has 8 heteroatoms. The second-order valence-electron chi connectivity index (χ2n) is 5.70. The normalized spacial score (nSPS) is 21.5. The molecule has 1 aliphatic carbocycles. The molecule has 6 nitrogen and oxygen atoms in total. The molecule has 1 spiro atoms. The Kier molecular flexibility index (Phi) is 5.61. The Morgan fingerprint density at radius 2 is 2.23 bits per heavy atom. The van der Waals surface area contributed by atoms with Crippen LogP contribution in [0.1, 0.15) is 30.6 Å². The third kappa shape index (κ3) is 3.36. The molecule has 1 saturated carbocycles. The van der Waals surface area contributed by atoms with Gasteiger partial charge in [0.2, 0.25) is 5.91 Å². The molecule has 22 heavy (non-hydrogen) atoms. The average Bonchev–Trinajstić information content (AvgIpc) is 2.89. The van der Waals surface area contributed by atoms with Crippen LogP contribution in [0.25, 0.3) is 0 Å². The molecule has 2 aliphatic rings. The molecule has 2 heterocycles. The van der Waals surface area contributed by atoms with E-state index in [-0.39, 0.29) is 44.2 Å². The summed E-state index contributed by atoms with van der Waals surface area (Å²) in [5, 5.41) is 3.25. The van der Waals surface area contributed by atoms with Crippen molar-refractivity contribution in [3.8, 4) is 0 Å². The molecular weight excluding hydrogens is 377 g/mol. The number of rotatable bonds is 4. The van der Waals surface area contributed by atoms with Gasteiger partial charge < -0.3 is 27.9 Å². The van der Waals surface area contributed by atoms with E-state index in [1.165, 1.54) is 11.3 Å². The SMILES string of the molecule is [CH2-]CCc1[c-]nc(NC(=O)N2CCC3(CC3)[C@H]2C(N)=O)s1.[Y]. The Morgan fingerprint density at radius 3 is 2.82 bits per heavy atom. The van der Waals surface area contributed by atoms with Crippen molar-refractivity contribution in [1.29, 1.82) is 0 Å². The minimum atomic E-state index is -0.485. The van der Waals surface area contributed by atoms with Gasteiger partial charge in [-0.25, -0.2) is 16.1 Å². The van der Waals surface area contributed by atoms with Gasteiger partial charge in [-0.15, -0.1) is 6.20 Å². The second-order valence-corrected chi connectivity index (χ2v) is 6.78. The van der Waals surface area contributed by atoms with Crippen molar-refractivity contribution in [1.82, 2.24) is 9.88 Å². The first-order valence-corrected chi connectivity index (χ1v) is 7.91. The fourth-order valence-electron chi connectivity index (χ4n) is 3.06. The summed E-state index contributed by atoms with van der Waals surface area (Å²) < 4.78 is 0. The van der Waals surface area contributed by atoms with Gasteiger partial charge in [-0.3, -0.25) is 4.79 Å². The van der Waals surface area contributed by atoms with Crippen LogP contribution >= 0.6 is 11.3 Å². The number of carbonyl (C=O) groups excluding carboxylic acids is 2. The van der Waals surface area contributed by atoms with Crippen molar-refractivity contribution < 1.29 is 42.3 Å². The van der Waals surface area contributed by atoms with Crippen LogP contribution in [0.4, 0.5) is 9.93 Å². The number of hydrogen-bond acceptors (Lipinski definition) is 4. The van der Waals surface area contributed by atoms with Crippen LogP contribution in [0.2, 0.25) is 0 Å². The van der Waals surface area contributed by atoms with Crippen molar-refractivity contribution in [2.75, 3.05) is 11.9 Å². The van der Waals surface area contributed by atoms with Crippen LogP contribution in [0, 0.1) is 18.5 Å². The van der Waals surface area contributed by atoms with Crippen molar-refractivity contribution in [3.05, 3.63) is 18.0 Å². The van der Waals surface area contributed by atoms with Gasteiger partial charge in [0.05, 0.1) is 0 Å². The predicted octanol–water partition coefficient (Wildman–Crippen LogP) is 1.58. The molecule has 3 N–H and O–H groups in total. The van der Waals surface area contributed by atoms with Gasteiger partial charge >= 0.3 is 6.03 Å². The number of carbonyl (C=O) groups is 2. The third-order valence-electron chi connectivity index (χ3n) is 4.28. The zero-order valence-corrected chi connectivity index (χ0v) is 16.0. The van der Waals surface area contributed by atoms with E-state index in [4.69, 9.17) is 5.73 Å². The number of aromatic nitrogens is 1. The number of amides is 3. The van der Waals surface area contributed by atoms with E-state index in [1.807, 2.05) is 0 Å². The molecule has 1 aromatic heterocycles. The molecule has 0 bridgehead atoms. The molecule has 3 amide bonds. The molecule has 3 rings (SSSR count). The predicted molar refractivity (Wildman–Crippen MR) is 79.6 cm³/mol. The molecule has 1 aliphatic heterocycles. The fourth-order valence-corrected chi connectivity index (χ4v) is 3.86. The number of nitrogens with two attached hydrogens (primary N) is 1. The third-order valence-corrected chi connectivity index (χ3v) is 5.21. The number of thiazole rings is 1. The zero-order chi connectivity index (χ0) is 15.0. The van der Waals surface area contributed by atoms with Crippen molar-refractivity contribution in [3.63, 3.8) is 0 Å². The maximum atomic E-state index is 12.4. The van der Waals surface area contributed by atoms with E-state index >= 15 is 0 Å². The van der Waals surface area contributed by atoms with E-state index in [1.54, 1.807) is 4.90 Å². The van der Waals surface area contributed by atoms with Crippen LogP contribution in [-0.2, 0) is 43.9 Å². The number of anilines is 1. The standard InChI is InChI=1S/C14H18N4O2S.Y/c1-2-3-9-8-16-12(21-9)17-13(20)18-7-6-14(4-5-14)10(18)11(15)19;/h10H,1-7H2,(H2,15,19)(H,16,17,20);/q-2;/t10-;/m1./s1. The van der Waals surface area contributed by atoms with Crippen LogP contribution in [0.3, 0.4) is 0 Å². The summed E-state index contributed by atoms with van der Waals surface area (Å²) >= 11 is 1.39. The maximum Gasteiger partial charge on any atom is 0.308 e. The van der Waals surface area contributed by atoms with Crippen LogP contribution in [-0.4, -0.2) is 34.4 Å². The fraction of sp³-hybridized carbons (Fsp3) is 0.571. The summed E-state index contributed by atoms with van der Waals surface area (Å²) in [6.45, 7) is 4.35. The minimum absolute atomic E-state index is 0. The molecule has 0 unspecified atom stereocenters. The first-order valence-electron chi connectivity index (χ1n) is 7.09. The van der Waals surface area contributed by atoms with Crippen molar-refractivity contribution >= 4 is 28.4 Å². The largest absolute Gasteiger partial charge is 0.427 e. The Morgan fingerprint density at radius 1 is 1.50 bits per heavy atom. The molecule has 1 radical (unpaired) electrons. The van der Waals surface area contributed by atoms with Crippen LogP contribution in [0.5, 0.6) is 0 Å². The summed E-state index contributed by atoms with van der Waals surface area (Å²) in [6, 6.07) is -0.785. The molecular formula is C14H18N4O2SY-2. The monoisotopic (exact) mass is 395 g/mol. The number of hydrogen-bond donors (Lipinski definition) is 2. The molecule has 2 fully saturated rings. The van der Waals surface area contributed by atoms with Gasteiger partial charge in [0.1, 0.15) is 6.04 Å². The minimum Gasteiger partial charge on any atom is -0.427 e. The average molecular weight is 395 g/mol. The van der Waals surface area contributed by atoms with Gasteiger partial charge in [-0.1, -0.05) is 11.3 Å². The first-order chi connectivity index (χ1) is 10.1.